The number of carbonyl (C=O) groups excluding carboxylic acids is 1. The normalized spacial score (nSPS) is 18.3. The van der Waals surface area contributed by atoms with Gasteiger partial charge in [0, 0.05) is 12.6 Å². The number of likely N-dealkylation sites (tertiary alicyclic amines) is 1. The van der Waals surface area contributed by atoms with Gasteiger partial charge in [-0.2, -0.15) is 0 Å². The van der Waals surface area contributed by atoms with E-state index in [1.54, 1.807) is 18.4 Å². The Kier molecular flexibility index (Phi) is 4.90. The SMILES string of the molecule is CCC1CCCCN1C(=O)CSc1nnc(-c2ccco2)n1N. The van der Waals surface area contributed by atoms with Crippen molar-refractivity contribution in [3.63, 3.8) is 0 Å². The van der Waals surface area contributed by atoms with E-state index in [0.29, 0.717) is 28.5 Å². The molecular weight excluding hydrogens is 314 g/mol. The van der Waals surface area contributed by atoms with E-state index in [-0.39, 0.29) is 5.91 Å². The monoisotopic (exact) mass is 335 g/mol. The van der Waals surface area contributed by atoms with Gasteiger partial charge in [0.05, 0.1) is 12.0 Å². The third-order valence-electron chi connectivity index (χ3n) is 4.15. The maximum absolute atomic E-state index is 12.5. The third-order valence-corrected chi connectivity index (χ3v) is 5.08. The maximum atomic E-state index is 12.5. The number of aromatic nitrogens is 3. The highest BCUT2D eigenvalue weighted by molar-refractivity contribution is 7.99. The van der Waals surface area contributed by atoms with Crippen molar-refractivity contribution in [3.05, 3.63) is 18.4 Å². The number of piperidine rings is 1. The first-order valence-corrected chi connectivity index (χ1v) is 8.86. The Morgan fingerprint density at radius 2 is 2.35 bits per heavy atom. The minimum atomic E-state index is 0.143. The van der Waals surface area contributed by atoms with E-state index in [4.69, 9.17) is 10.3 Å². The summed E-state index contributed by atoms with van der Waals surface area (Å²) in [6.45, 7) is 2.99. The molecule has 3 rings (SSSR count). The van der Waals surface area contributed by atoms with Crippen LogP contribution in [0.2, 0.25) is 0 Å². The zero-order valence-corrected chi connectivity index (χ0v) is 14.0. The molecule has 0 spiro atoms. The van der Waals surface area contributed by atoms with Gasteiger partial charge in [-0.15, -0.1) is 10.2 Å². The van der Waals surface area contributed by atoms with Crippen LogP contribution in [0.1, 0.15) is 32.6 Å². The number of nitrogens with zero attached hydrogens (tertiary/aromatic N) is 4. The molecule has 1 unspecified atom stereocenters. The summed E-state index contributed by atoms with van der Waals surface area (Å²) < 4.78 is 6.64. The Morgan fingerprint density at radius 3 is 3.09 bits per heavy atom. The predicted molar refractivity (Wildman–Crippen MR) is 88.2 cm³/mol. The van der Waals surface area contributed by atoms with Gasteiger partial charge in [0.2, 0.25) is 16.9 Å². The molecule has 1 aliphatic rings. The van der Waals surface area contributed by atoms with Crippen LogP contribution in [-0.4, -0.2) is 44.0 Å². The van der Waals surface area contributed by atoms with Crippen LogP contribution in [0.4, 0.5) is 0 Å². The van der Waals surface area contributed by atoms with Crippen LogP contribution in [-0.2, 0) is 4.79 Å². The van der Waals surface area contributed by atoms with Crippen LogP contribution in [0.5, 0.6) is 0 Å². The Balaban J connectivity index is 1.63. The highest BCUT2D eigenvalue weighted by atomic mass is 32.2. The molecule has 23 heavy (non-hydrogen) atoms. The summed E-state index contributed by atoms with van der Waals surface area (Å²) in [5.41, 5.74) is 0. The molecule has 3 heterocycles. The molecule has 0 saturated carbocycles. The van der Waals surface area contributed by atoms with Crippen molar-refractivity contribution in [3.8, 4) is 11.6 Å². The van der Waals surface area contributed by atoms with Crippen LogP contribution < -0.4 is 5.84 Å². The molecule has 0 aliphatic carbocycles. The minimum absolute atomic E-state index is 0.143. The molecule has 2 aromatic rings. The van der Waals surface area contributed by atoms with Crippen LogP contribution >= 0.6 is 11.8 Å². The molecule has 1 atom stereocenters. The number of rotatable bonds is 5. The lowest BCUT2D eigenvalue weighted by Gasteiger charge is -2.35. The molecule has 2 aromatic heterocycles. The molecule has 0 radical (unpaired) electrons. The summed E-state index contributed by atoms with van der Waals surface area (Å²) in [7, 11) is 0. The zero-order chi connectivity index (χ0) is 16.2. The standard InChI is InChI=1S/C15H21N5O2S/c1-2-11-6-3-4-8-19(11)13(21)10-23-15-18-17-14(20(15)16)12-7-5-9-22-12/h5,7,9,11H,2-4,6,8,10,16H2,1H3. The molecular formula is C15H21N5O2S. The quantitative estimate of drug-likeness (QED) is 0.665. The lowest BCUT2D eigenvalue weighted by Crippen LogP contribution is -2.44. The summed E-state index contributed by atoms with van der Waals surface area (Å²) in [5, 5.41) is 8.59. The van der Waals surface area contributed by atoms with Crippen LogP contribution in [0.3, 0.4) is 0 Å². The van der Waals surface area contributed by atoms with Crippen molar-refractivity contribution in [2.75, 3.05) is 18.1 Å². The maximum Gasteiger partial charge on any atom is 0.233 e. The summed E-state index contributed by atoms with van der Waals surface area (Å²) in [6.07, 6.45) is 5.96. The molecule has 1 amide bonds. The lowest BCUT2D eigenvalue weighted by molar-refractivity contribution is -0.132. The first-order chi connectivity index (χ1) is 11.2. The van der Waals surface area contributed by atoms with E-state index < -0.39 is 0 Å². The third kappa shape index (κ3) is 3.36. The van der Waals surface area contributed by atoms with Crippen molar-refractivity contribution in [2.24, 2.45) is 0 Å². The molecule has 7 nitrogen and oxygen atoms in total. The van der Waals surface area contributed by atoms with E-state index in [9.17, 15) is 4.79 Å². The lowest BCUT2D eigenvalue weighted by atomic mass is 10.0. The molecule has 2 N–H and O–H groups in total. The number of thioether (sulfide) groups is 1. The van der Waals surface area contributed by atoms with E-state index in [1.807, 2.05) is 4.90 Å². The van der Waals surface area contributed by atoms with Crippen molar-refractivity contribution in [1.82, 2.24) is 19.8 Å². The number of carbonyl (C=O) groups is 1. The van der Waals surface area contributed by atoms with Gasteiger partial charge < -0.3 is 15.2 Å². The Bertz CT molecular complexity index is 655. The van der Waals surface area contributed by atoms with Gasteiger partial charge in [0.1, 0.15) is 0 Å². The highest BCUT2D eigenvalue weighted by Crippen LogP contribution is 2.24. The number of nitrogen functional groups attached to an aromatic ring is 1. The van der Waals surface area contributed by atoms with E-state index in [2.05, 4.69) is 17.1 Å². The summed E-state index contributed by atoms with van der Waals surface area (Å²) in [5.74, 6) is 7.47. The minimum Gasteiger partial charge on any atom is -0.461 e. The molecule has 0 bridgehead atoms. The Hall–Kier alpha value is -1.96. The largest absolute Gasteiger partial charge is 0.461 e. The fourth-order valence-electron chi connectivity index (χ4n) is 2.91. The van der Waals surface area contributed by atoms with E-state index in [1.165, 1.54) is 22.9 Å². The summed E-state index contributed by atoms with van der Waals surface area (Å²) >= 11 is 1.31. The van der Waals surface area contributed by atoms with Gasteiger partial charge >= 0.3 is 0 Å². The van der Waals surface area contributed by atoms with Gasteiger partial charge in [-0.3, -0.25) is 4.79 Å². The number of furan rings is 1. The van der Waals surface area contributed by atoms with Gasteiger partial charge in [-0.25, -0.2) is 4.68 Å². The van der Waals surface area contributed by atoms with Gasteiger partial charge in [-0.1, -0.05) is 18.7 Å². The number of nitrogens with two attached hydrogens (primary N) is 1. The van der Waals surface area contributed by atoms with Crippen molar-refractivity contribution in [2.45, 2.75) is 43.8 Å². The van der Waals surface area contributed by atoms with E-state index in [0.717, 1.165) is 25.8 Å². The van der Waals surface area contributed by atoms with Crippen molar-refractivity contribution in [1.29, 1.82) is 0 Å². The smallest absolute Gasteiger partial charge is 0.233 e. The van der Waals surface area contributed by atoms with E-state index >= 15 is 0 Å². The first kappa shape index (κ1) is 15.9. The Labute approximate surface area is 139 Å². The number of hydrogen-bond donors (Lipinski definition) is 1. The second-order valence-corrected chi connectivity index (χ2v) is 6.53. The second-order valence-electron chi connectivity index (χ2n) is 5.59. The fourth-order valence-corrected chi connectivity index (χ4v) is 3.65. The van der Waals surface area contributed by atoms with Gasteiger partial charge in [0.15, 0.2) is 5.76 Å². The predicted octanol–water partition coefficient (Wildman–Crippen LogP) is 2.14. The Morgan fingerprint density at radius 1 is 1.48 bits per heavy atom. The van der Waals surface area contributed by atoms with Gasteiger partial charge in [-0.05, 0) is 37.8 Å². The summed E-state index contributed by atoms with van der Waals surface area (Å²) in [6, 6.07) is 3.90. The topological polar surface area (TPSA) is 90.2 Å². The first-order valence-electron chi connectivity index (χ1n) is 7.87. The van der Waals surface area contributed by atoms with Crippen molar-refractivity contribution < 1.29 is 9.21 Å². The number of amides is 1. The average molecular weight is 335 g/mol. The number of hydrogen-bond acceptors (Lipinski definition) is 6. The second kappa shape index (κ2) is 7.08. The molecule has 8 heteroatoms. The highest BCUT2D eigenvalue weighted by Gasteiger charge is 2.25. The molecule has 124 valence electrons. The average Bonchev–Trinajstić information content (AvgIpc) is 3.22. The van der Waals surface area contributed by atoms with Crippen LogP contribution in [0.15, 0.2) is 28.0 Å². The molecule has 1 fully saturated rings. The molecule has 1 aliphatic heterocycles. The summed E-state index contributed by atoms with van der Waals surface area (Å²) in [4.78, 5) is 14.5. The fraction of sp³-hybridized carbons (Fsp3) is 0.533. The molecule has 0 aromatic carbocycles. The van der Waals surface area contributed by atoms with Crippen LogP contribution in [0, 0.1) is 0 Å². The van der Waals surface area contributed by atoms with Gasteiger partial charge in [0.25, 0.3) is 0 Å². The zero-order valence-electron chi connectivity index (χ0n) is 13.1. The van der Waals surface area contributed by atoms with Crippen LogP contribution in [0.25, 0.3) is 11.6 Å². The van der Waals surface area contributed by atoms with Crippen molar-refractivity contribution >= 4 is 17.7 Å². The molecule has 1 saturated heterocycles.